The number of rotatable bonds is 11. The van der Waals surface area contributed by atoms with E-state index in [9.17, 15) is 14.9 Å². The van der Waals surface area contributed by atoms with Gasteiger partial charge in [0.25, 0.3) is 11.6 Å². The van der Waals surface area contributed by atoms with Crippen LogP contribution in [-0.4, -0.2) is 17.9 Å². The number of nitrogens with zero attached hydrogens (tertiary/aromatic N) is 1. The molecular weight excluding hydrogens is 476 g/mol. The Bertz CT molecular complexity index is 1360. The van der Waals surface area contributed by atoms with Gasteiger partial charge < -0.3 is 23.9 Å². The van der Waals surface area contributed by atoms with Crippen LogP contribution in [0.1, 0.15) is 35.2 Å². The van der Waals surface area contributed by atoms with E-state index in [4.69, 9.17) is 18.6 Å². The third-order valence-electron chi connectivity index (χ3n) is 5.38. The molecule has 0 saturated heterocycles. The second kappa shape index (κ2) is 11.8. The zero-order chi connectivity index (χ0) is 26.2. The summed E-state index contributed by atoms with van der Waals surface area (Å²) >= 11 is 0. The lowest BCUT2D eigenvalue weighted by molar-refractivity contribution is -0.384. The van der Waals surface area contributed by atoms with E-state index >= 15 is 0 Å². The molecule has 1 heterocycles. The second-order valence-electron chi connectivity index (χ2n) is 8.15. The van der Waals surface area contributed by atoms with E-state index in [0.29, 0.717) is 23.0 Å². The highest BCUT2D eigenvalue weighted by Gasteiger charge is 2.16. The highest BCUT2D eigenvalue weighted by atomic mass is 16.6. The molecule has 9 heteroatoms. The van der Waals surface area contributed by atoms with Crippen LogP contribution in [-0.2, 0) is 13.0 Å². The van der Waals surface area contributed by atoms with Crippen molar-refractivity contribution in [2.75, 3.05) is 12.4 Å². The van der Waals surface area contributed by atoms with Gasteiger partial charge in [-0.3, -0.25) is 14.9 Å². The zero-order valence-electron chi connectivity index (χ0n) is 20.4. The van der Waals surface area contributed by atoms with Gasteiger partial charge >= 0.3 is 0 Å². The molecule has 4 rings (SSSR count). The van der Waals surface area contributed by atoms with Gasteiger partial charge in [0, 0.05) is 12.1 Å². The number of furan rings is 1. The van der Waals surface area contributed by atoms with E-state index < -0.39 is 10.8 Å². The Balaban J connectivity index is 1.41. The third-order valence-corrected chi connectivity index (χ3v) is 5.38. The minimum atomic E-state index is -0.564. The molecule has 0 aliphatic rings. The van der Waals surface area contributed by atoms with Crippen LogP contribution in [0.25, 0.3) is 0 Å². The fourth-order valence-corrected chi connectivity index (χ4v) is 3.57. The number of hydrogen-bond donors (Lipinski definition) is 1. The number of methoxy groups -OCH3 is 1. The fraction of sp³-hybridized carbons (Fsp3) is 0.179. The number of carbonyl (C=O) groups excluding carboxylic acids is 1. The Morgan fingerprint density at radius 1 is 0.919 bits per heavy atom. The van der Waals surface area contributed by atoms with Gasteiger partial charge in [-0.05, 0) is 60.5 Å². The predicted molar refractivity (Wildman–Crippen MR) is 138 cm³/mol. The van der Waals surface area contributed by atoms with Crippen molar-refractivity contribution in [2.24, 2.45) is 0 Å². The van der Waals surface area contributed by atoms with Crippen LogP contribution in [0.5, 0.6) is 23.0 Å². The molecule has 0 aliphatic carbocycles. The topological polar surface area (TPSA) is 113 Å². The molecule has 1 amide bonds. The van der Waals surface area contributed by atoms with Gasteiger partial charge in [-0.25, -0.2) is 0 Å². The van der Waals surface area contributed by atoms with Gasteiger partial charge in [-0.1, -0.05) is 25.5 Å². The zero-order valence-corrected chi connectivity index (χ0v) is 20.4. The van der Waals surface area contributed by atoms with Crippen molar-refractivity contribution >= 4 is 17.3 Å². The van der Waals surface area contributed by atoms with E-state index in [0.717, 1.165) is 12.8 Å². The van der Waals surface area contributed by atoms with Gasteiger partial charge in [0.15, 0.2) is 5.76 Å². The number of carbonyl (C=O) groups is 1. The largest absolute Gasteiger partial charge is 0.497 e. The van der Waals surface area contributed by atoms with Crippen LogP contribution in [0.2, 0.25) is 0 Å². The average molecular weight is 503 g/mol. The number of anilines is 1. The Morgan fingerprint density at radius 2 is 1.62 bits per heavy atom. The van der Waals surface area contributed by atoms with Gasteiger partial charge in [-0.2, -0.15) is 0 Å². The number of aryl methyl sites for hydroxylation is 1. The standard InChI is InChI=1S/C28H26N2O7/c1-3-4-19-5-7-23(8-6-19)35-18-25-13-14-27(37-25)28(31)29-20-15-21(30(32)33)17-26(16-20)36-24-11-9-22(34-2)10-12-24/h5-17H,3-4,18H2,1-2H3,(H,29,31). The summed E-state index contributed by atoms with van der Waals surface area (Å²) in [7, 11) is 1.55. The van der Waals surface area contributed by atoms with Crippen LogP contribution < -0.4 is 19.5 Å². The van der Waals surface area contributed by atoms with Crippen molar-refractivity contribution < 1.29 is 28.3 Å². The Kier molecular flexibility index (Phi) is 8.05. The summed E-state index contributed by atoms with van der Waals surface area (Å²) in [6, 6.07) is 21.8. The summed E-state index contributed by atoms with van der Waals surface area (Å²) in [6.07, 6.45) is 2.08. The smallest absolute Gasteiger partial charge is 0.291 e. The van der Waals surface area contributed by atoms with E-state index in [1.807, 2.05) is 24.3 Å². The van der Waals surface area contributed by atoms with Crippen molar-refractivity contribution in [2.45, 2.75) is 26.4 Å². The maximum absolute atomic E-state index is 12.8. The molecule has 3 aromatic carbocycles. The number of hydrogen-bond acceptors (Lipinski definition) is 7. The van der Waals surface area contributed by atoms with Crippen LogP contribution in [0, 0.1) is 10.1 Å². The highest BCUT2D eigenvalue weighted by Crippen LogP contribution is 2.31. The van der Waals surface area contributed by atoms with E-state index in [2.05, 4.69) is 12.2 Å². The molecular formula is C28H26N2O7. The molecule has 0 saturated carbocycles. The Hall–Kier alpha value is -4.79. The van der Waals surface area contributed by atoms with Gasteiger partial charge in [0.1, 0.15) is 35.4 Å². The molecule has 1 aromatic heterocycles. The maximum Gasteiger partial charge on any atom is 0.291 e. The summed E-state index contributed by atoms with van der Waals surface area (Å²) in [5.41, 5.74) is 1.19. The summed E-state index contributed by atoms with van der Waals surface area (Å²) < 4.78 is 22.2. The van der Waals surface area contributed by atoms with Crippen LogP contribution in [0.4, 0.5) is 11.4 Å². The number of amides is 1. The average Bonchev–Trinajstić information content (AvgIpc) is 3.38. The first-order chi connectivity index (χ1) is 17.9. The molecule has 37 heavy (non-hydrogen) atoms. The molecule has 0 unspecified atom stereocenters. The normalized spacial score (nSPS) is 10.5. The lowest BCUT2D eigenvalue weighted by Crippen LogP contribution is -2.11. The first-order valence-electron chi connectivity index (χ1n) is 11.7. The van der Waals surface area contributed by atoms with Crippen LogP contribution in [0.15, 0.2) is 83.3 Å². The van der Waals surface area contributed by atoms with Crippen molar-refractivity contribution in [3.63, 3.8) is 0 Å². The van der Waals surface area contributed by atoms with E-state index in [1.165, 1.54) is 29.8 Å². The fourth-order valence-electron chi connectivity index (χ4n) is 3.57. The molecule has 1 N–H and O–H groups in total. The number of benzene rings is 3. The molecule has 0 atom stereocenters. The van der Waals surface area contributed by atoms with Gasteiger partial charge in [-0.15, -0.1) is 0 Å². The minimum Gasteiger partial charge on any atom is -0.497 e. The van der Waals surface area contributed by atoms with E-state index in [1.54, 1.807) is 37.4 Å². The number of ether oxygens (including phenoxy) is 3. The highest BCUT2D eigenvalue weighted by molar-refractivity contribution is 6.02. The predicted octanol–water partition coefficient (Wildman–Crippen LogP) is 6.77. The first kappa shape index (κ1) is 25.3. The third kappa shape index (κ3) is 6.88. The molecule has 0 bridgehead atoms. The number of nitro groups is 1. The number of nitro benzene ring substituents is 1. The van der Waals surface area contributed by atoms with Crippen molar-refractivity contribution in [3.05, 3.63) is 106 Å². The van der Waals surface area contributed by atoms with Crippen molar-refractivity contribution in [3.8, 4) is 23.0 Å². The summed E-state index contributed by atoms with van der Waals surface area (Å²) in [6.45, 7) is 2.28. The molecule has 9 nitrogen and oxygen atoms in total. The SMILES string of the molecule is CCCc1ccc(OCc2ccc(C(=O)Nc3cc(Oc4ccc(OC)cc4)cc([N+](=O)[O-])c3)o2)cc1. The Morgan fingerprint density at radius 3 is 2.30 bits per heavy atom. The van der Waals surface area contributed by atoms with Crippen molar-refractivity contribution in [1.29, 1.82) is 0 Å². The second-order valence-corrected chi connectivity index (χ2v) is 8.15. The maximum atomic E-state index is 12.8. The van der Waals surface area contributed by atoms with Crippen LogP contribution in [0.3, 0.4) is 0 Å². The monoisotopic (exact) mass is 502 g/mol. The lowest BCUT2D eigenvalue weighted by atomic mass is 10.1. The molecule has 0 aliphatic heterocycles. The van der Waals surface area contributed by atoms with E-state index in [-0.39, 0.29) is 29.5 Å². The number of non-ortho nitro benzene ring substituents is 1. The Labute approximate surface area is 213 Å². The van der Waals surface area contributed by atoms with Crippen LogP contribution >= 0.6 is 0 Å². The first-order valence-corrected chi connectivity index (χ1v) is 11.7. The minimum absolute atomic E-state index is 0.0426. The quantitative estimate of drug-likeness (QED) is 0.178. The summed E-state index contributed by atoms with van der Waals surface area (Å²) in [5, 5.41) is 14.1. The summed E-state index contributed by atoms with van der Waals surface area (Å²) in [5.74, 6) is 1.93. The summed E-state index contributed by atoms with van der Waals surface area (Å²) in [4.78, 5) is 23.6. The molecule has 0 fully saturated rings. The van der Waals surface area contributed by atoms with Gasteiger partial charge in [0.05, 0.1) is 23.8 Å². The number of nitrogens with one attached hydrogen (secondary N) is 1. The molecule has 4 aromatic rings. The molecule has 190 valence electrons. The lowest BCUT2D eigenvalue weighted by Gasteiger charge is -2.09. The van der Waals surface area contributed by atoms with Gasteiger partial charge in [0.2, 0.25) is 0 Å². The van der Waals surface area contributed by atoms with Crippen molar-refractivity contribution in [1.82, 2.24) is 0 Å². The molecule has 0 radical (unpaired) electrons. The molecule has 0 spiro atoms.